The van der Waals surface area contributed by atoms with Gasteiger partial charge in [-0.2, -0.15) is 0 Å². The lowest BCUT2D eigenvalue weighted by molar-refractivity contribution is -0.145. The lowest BCUT2D eigenvalue weighted by atomic mass is 10.3. The largest absolute Gasteiger partial charge is 0.478 e. The first-order valence-electron chi connectivity index (χ1n) is 5.25. The lowest BCUT2D eigenvalue weighted by Crippen LogP contribution is -2.34. The van der Waals surface area contributed by atoms with E-state index in [1.807, 2.05) is 0 Å². The lowest BCUT2D eigenvalue weighted by Gasteiger charge is -2.10. The zero-order valence-corrected chi connectivity index (χ0v) is 9.73. The van der Waals surface area contributed by atoms with Gasteiger partial charge in [-0.1, -0.05) is 0 Å². The van der Waals surface area contributed by atoms with Crippen molar-refractivity contribution in [2.75, 3.05) is 6.61 Å². The second-order valence-corrected chi connectivity index (χ2v) is 3.46. The van der Waals surface area contributed by atoms with Gasteiger partial charge < -0.3 is 14.3 Å². The van der Waals surface area contributed by atoms with Crippen molar-refractivity contribution in [2.45, 2.75) is 26.4 Å². The van der Waals surface area contributed by atoms with Crippen LogP contribution in [0, 0.1) is 0 Å². The molecule has 0 saturated heterocycles. The number of ether oxygens (including phenoxy) is 1. The summed E-state index contributed by atoms with van der Waals surface area (Å²) in [5.41, 5.74) is 0.0885. The molecule has 6 heteroatoms. The molecular formula is C11H15NO5. The number of esters is 1. The molecule has 1 aromatic rings. The van der Waals surface area contributed by atoms with Crippen LogP contribution in [0.4, 0.5) is 0 Å². The molecule has 1 aromatic heterocycles. The van der Waals surface area contributed by atoms with Crippen LogP contribution in [0.5, 0.6) is 0 Å². The first-order valence-corrected chi connectivity index (χ1v) is 5.25. The summed E-state index contributed by atoms with van der Waals surface area (Å²) >= 11 is 0. The predicted molar refractivity (Wildman–Crippen MR) is 58.6 cm³/mol. The Kier molecular flexibility index (Phi) is 4.71. The van der Waals surface area contributed by atoms with E-state index >= 15 is 0 Å². The molecule has 94 valence electrons. The number of carboxylic acid groups (broad SMARTS) is 1. The van der Waals surface area contributed by atoms with Crippen LogP contribution >= 0.6 is 0 Å². The van der Waals surface area contributed by atoms with E-state index in [0.717, 1.165) is 6.26 Å². The number of nitrogens with one attached hydrogen (secondary N) is 1. The summed E-state index contributed by atoms with van der Waals surface area (Å²) in [6.45, 7) is 4.00. The molecule has 2 N–H and O–H groups in total. The van der Waals surface area contributed by atoms with Gasteiger partial charge in [0.25, 0.3) is 0 Å². The van der Waals surface area contributed by atoms with E-state index in [2.05, 4.69) is 5.32 Å². The summed E-state index contributed by atoms with van der Waals surface area (Å²) in [5, 5.41) is 11.6. The molecule has 0 aliphatic rings. The fourth-order valence-corrected chi connectivity index (χ4v) is 1.19. The number of carboxylic acids is 1. The molecule has 1 atom stereocenters. The van der Waals surface area contributed by atoms with Gasteiger partial charge in [-0.3, -0.25) is 10.1 Å². The van der Waals surface area contributed by atoms with Crippen molar-refractivity contribution in [2.24, 2.45) is 0 Å². The third-order valence-corrected chi connectivity index (χ3v) is 2.12. The minimum Gasteiger partial charge on any atom is -0.478 e. The molecule has 0 aromatic carbocycles. The van der Waals surface area contributed by atoms with Gasteiger partial charge in [0, 0.05) is 0 Å². The van der Waals surface area contributed by atoms with Gasteiger partial charge in [0.15, 0.2) is 0 Å². The highest BCUT2D eigenvalue weighted by Crippen LogP contribution is 2.07. The van der Waals surface area contributed by atoms with Crippen molar-refractivity contribution >= 4 is 11.9 Å². The van der Waals surface area contributed by atoms with Crippen molar-refractivity contribution in [3.05, 3.63) is 23.7 Å². The van der Waals surface area contributed by atoms with Crippen LogP contribution in [0.25, 0.3) is 0 Å². The zero-order valence-electron chi connectivity index (χ0n) is 9.73. The van der Waals surface area contributed by atoms with Gasteiger partial charge in [0.1, 0.15) is 18.1 Å². The second-order valence-electron chi connectivity index (χ2n) is 3.46. The van der Waals surface area contributed by atoms with Gasteiger partial charge in [0.05, 0.1) is 18.7 Å². The van der Waals surface area contributed by atoms with Gasteiger partial charge in [-0.05, 0) is 19.9 Å². The van der Waals surface area contributed by atoms with E-state index in [0.29, 0.717) is 12.4 Å². The Morgan fingerprint density at radius 3 is 2.82 bits per heavy atom. The van der Waals surface area contributed by atoms with Crippen LogP contribution in [0.2, 0.25) is 0 Å². The maximum absolute atomic E-state index is 11.3. The molecule has 1 heterocycles. The Labute approximate surface area is 98.6 Å². The monoisotopic (exact) mass is 241 g/mol. The van der Waals surface area contributed by atoms with Gasteiger partial charge >= 0.3 is 11.9 Å². The average Bonchev–Trinajstić information content (AvgIpc) is 2.75. The highest BCUT2D eigenvalue weighted by molar-refractivity contribution is 5.87. The number of carbonyl (C=O) groups is 2. The van der Waals surface area contributed by atoms with Crippen molar-refractivity contribution in [3.63, 3.8) is 0 Å². The van der Waals surface area contributed by atoms with E-state index in [-0.39, 0.29) is 18.1 Å². The highest BCUT2D eigenvalue weighted by Gasteiger charge is 2.14. The Hall–Kier alpha value is -1.82. The summed E-state index contributed by atoms with van der Waals surface area (Å²) in [6.07, 6.45) is 1.16. The van der Waals surface area contributed by atoms with Crippen LogP contribution in [-0.4, -0.2) is 29.7 Å². The summed E-state index contributed by atoms with van der Waals surface area (Å²) in [6, 6.07) is 0.945. The van der Waals surface area contributed by atoms with Crippen molar-refractivity contribution in [3.8, 4) is 0 Å². The minimum atomic E-state index is -1.04. The van der Waals surface area contributed by atoms with Gasteiger partial charge in [0.2, 0.25) is 0 Å². The Morgan fingerprint density at radius 2 is 2.29 bits per heavy atom. The Morgan fingerprint density at radius 1 is 1.59 bits per heavy atom. The number of aromatic carboxylic acids is 1. The fourth-order valence-electron chi connectivity index (χ4n) is 1.19. The third kappa shape index (κ3) is 3.92. The molecule has 0 radical (unpaired) electrons. The summed E-state index contributed by atoms with van der Waals surface area (Å²) in [5.74, 6) is -0.936. The maximum atomic E-state index is 11.3. The number of furan rings is 1. The van der Waals surface area contributed by atoms with E-state index in [1.54, 1.807) is 13.8 Å². The molecule has 0 saturated carbocycles. The molecule has 0 spiro atoms. The van der Waals surface area contributed by atoms with E-state index in [1.165, 1.54) is 6.07 Å². The Balaban J connectivity index is 2.44. The van der Waals surface area contributed by atoms with Crippen LogP contribution in [0.15, 0.2) is 16.7 Å². The summed E-state index contributed by atoms with van der Waals surface area (Å²) < 4.78 is 9.83. The molecular weight excluding hydrogens is 226 g/mol. The number of rotatable bonds is 6. The molecule has 1 rings (SSSR count). The van der Waals surface area contributed by atoms with Crippen LogP contribution in [0.3, 0.4) is 0 Å². The molecule has 17 heavy (non-hydrogen) atoms. The molecule has 6 nitrogen and oxygen atoms in total. The SMILES string of the molecule is CCOC(=O)C(C)NCc1cc(C(=O)O)co1. The van der Waals surface area contributed by atoms with Crippen LogP contribution < -0.4 is 5.32 Å². The predicted octanol–water partition coefficient (Wildman–Crippen LogP) is 1.02. The summed E-state index contributed by atoms with van der Waals surface area (Å²) in [4.78, 5) is 21.9. The topological polar surface area (TPSA) is 88.8 Å². The molecule has 0 fully saturated rings. The zero-order chi connectivity index (χ0) is 12.8. The quantitative estimate of drug-likeness (QED) is 0.723. The van der Waals surface area contributed by atoms with Gasteiger partial charge in [-0.25, -0.2) is 4.79 Å². The molecule has 0 amide bonds. The number of hydrogen-bond acceptors (Lipinski definition) is 5. The average molecular weight is 241 g/mol. The third-order valence-electron chi connectivity index (χ3n) is 2.12. The smallest absolute Gasteiger partial charge is 0.338 e. The first-order chi connectivity index (χ1) is 8.04. The minimum absolute atomic E-state index is 0.0885. The van der Waals surface area contributed by atoms with E-state index in [9.17, 15) is 9.59 Å². The van der Waals surface area contributed by atoms with Gasteiger partial charge in [-0.15, -0.1) is 0 Å². The molecule has 0 aliphatic heterocycles. The normalized spacial score (nSPS) is 12.1. The number of hydrogen-bond donors (Lipinski definition) is 2. The van der Waals surface area contributed by atoms with E-state index in [4.69, 9.17) is 14.3 Å². The number of carbonyl (C=O) groups excluding carboxylic acids is 1. The van der Waals surface area contributed by atoms with E-state index < -0.39 is 12.0 Å². The maximum Gasteiger partial charge on any atom is 0.338 e. The molecule has 1 unspecified atom stereocenters. The first kappa shape index (κ1) is 13.2. The fraction of sp³-hybridized carbons (Fsp3) is 0.455. The summed E-state index contributed by atoms with van der Waals surface area (Å²) in [7, 11) is 0. The van der Waals surface area contributed by atoms with Crippen molar-refractivity contribution < 1.29 is 23.8 Å². The van der Waals surface area contributed by atoms with Crippen LogP contribution in [0.1, 0.15) is 30.0 Å². The molecule has 0 bridgehead atoms. The van der Waals surface area contributed by atoms with Crippen LogP contribution in [-0.2, 0) is 16.1 Å². The standard InChI is InChI=1S/C11H15NO5/c1-3-16-11(15)7(2)12-5-9-4-8(6-17-9)10(13)14/h4,6-7,12H,3,5H2,1-2H3,(H,13,14). The Bertz CT molecular complexity index is 398. The van der Waals surface area contributed by atoms with Crippen molar-refractivity contribution in [1.82, 2.24) is 5.32 Å². The highest BCUT2D eigenvalue weighted by atomic mass is 16.5. The van der Waals surface area contributed by atoms with Crippen molar-refractivity contribution in [1.29, 1.82) is 0 Å². The molecule has 0 aliphatic carbocycles. The second kappa shape index (κ2) is 6.05.